The summed E-state index contributed by atoms with van der Waals surface area (Å²) < 4.78 is 39.6. The maximum Gasteiger partial charge on any atom is 0.331 e. The minimum atomic E-state index is -1.29. The predicted molar refractivity (Wildman–Crippen MR) is 142 cm³/mol. The summed E-state index contributed by atoms with van der Waals surface area (Å²) in [6.45, 7) is 3.03. The van der Waals surface area contributed by atoms with Gasteiger partial charge in [0.1, 0.15) is 11.6 Å². The second-order valence-corrected chi connectivity index (χ2v) is 9.97. The van der Waals surface area contributed by atoms with Crippen LogP contribution in [-0.2, 0) is 33.5 Å². The van der Waals surface area contributed by atoms with Crippen molar-refractivity contribution in [2.24, 2.45) is 0 Å². The maximum absolute atomic E-state index is 14.5. The van der Waals surface area contributed by atoms with E-state index in [1.54, 1.807) is 7.11 Å². The van der Waals surface area contributed by atoms with Gasteiger partial charge in [-0.05, 0) is 61.9 Å². The van der Waals surface area contributed by atoms with Crippen molar-refractivity contribution in [2.45, 2.75) is 32.6 Å². The van der Waals surface area contributed by atoms with Crippen molar-refractivity contribution in [3.63, 3.8) is 0 Å². The van der Waals surface area contributed by atoms with Crippen LogP contribution < -0.4 is 5.32 Å². The molecule has 200 valence electrons. The van der Waals surface area contributed by atoms with Crippen molar-refractivity contribution in [3.8, 4) is 11.3 Å². The van der Waals surface area contributed by atoms with E-state index in [9.17, 15) is 18.4 Å². The molecule has 2 N–H and O–H groups in total. The number of aromatic nitrogens is 1. The van der Waals surface area contributed by atoms with Crippen LogP contribution in [0, 0.1) is 11.6 Å². The summed E-state index contributed by atoms with van der Waals surface area (Å²) in [5.74, 6) is -4.06. The van der Waals surface area contributed by atoms with Gasteiger partial charge in [0.25, 0.3) is 5.91 Å². The standard InChI is InChI=1S/C28H28F2N2O5S/c1-16(27(34)35)13-21-22(29)14-18(15-23(21)30)26(33)32-28-31-25-20-7-3-5-17(6-4-10-37-12-11-36-2)19(20)8-9-24(25)38-28/h3,5,7,13-15H,4,6,8-12H2,1-2H3,(H,34,35)(H,31,32,33)/b16-13+. The van der Waals surface area contributed by atoms with Gasteiger partial charge in [0.2, 0.25) is 0 Å². The summed E-state index contributed by atoms with van der Waals surface area (Å²) in [7, 11) is 1.64. The number of carboxylic acids is 1. The molecule has 4 rings (SSSR count). The van der Waals surface area contributed by atoms with Gasteiger partial charge in [-0.15, -0.1) is 11.3 Å². The van der Waals surface area contributed by atoms with E-state index in [-0.39, 0.29) is 11.1 Å². The minimum absolute atomic E-state index is 0.228. The maximum atomic E-state index is 14.5. The Balaban J connectivity index is 1.48. The number of ether oxygens (including phenoxy) is 2. The zero-order chi connectivity index (χ0) is 27.2. The second-order valence-electron chi connectivity index (χ2n) is 8.88. The Kier molecular flexibility index (Phi) is 8.98. The Morgan fingerprint density at radius 1 is 1.16 bits per heavy atom. The normalized spacial score (nSPS) is 12.7. The fourth-order valence-electron chi connectivity index (χ4n) is 4.32. The molecule has 0 aliphatic heterocycles. The Morgan fingerprint density at radius 2 is 1.92 bits per heavy atom. The van der Waals surface area contributed by atoms with Gasteiger partial charge >= 0.3 is 5.97 Å². The number of thiazole rings is 1. The summed E-state index contributed by atoms with van der Waals surface area (Å²) in [4.78, 5) is 29.4. The number of hydrogen-bond donors (Lipinski definition) is 2. The molecule has 38 heavy (non-hydrogen) atoms. The topological polar surface area (TPSA) is 97.8 Å². The molecule has 10 heteroatoms. The van der Waals surface area contributed by atoms with Crippen molar-refractivity contribution in [2.75, 3.05) is 32.2 Å². The lowest BCUT2D eigenvalue weighted by Gasteiger charge is -2.18. The number of hydrogen-bond acceptors (Lipinski definition) is 6. The molecule has 0 atom stereocenters. The lowest BCUT2D eigenvalue weighted by Crippen LogP contribution is -2.13. The van der Waals surface area contributed by atoms with Crippen molar-refractivity contribution >= 4 is 34.4 Å². The zero-order valence-electron chi connectivity index (χ0n) is 21.1. The number of carboxylic acid groups (broad SMARTS) is 1. The van der Waals surface area contributed by atoms with Crippen molar-refractivity contribution in [1.82, 2.24) is 4.98 Å². The van der Waals surface area contributed by atoms with Gasteiger partial charge in [-0.1, -0.05) is 18.2 Å². The predicted octanol–water partition coefficient (Wildman–Crippen LogP) is 5.52. The molecule has 1 aliphatic carbocycles. The molecule has 0 radical (unpaired) electrons. The van der Waals surface area contributed by atoms with Crippen LogP contribution >= 0.6 is 11.3 Å². The van der Waals surface area contributed by atoms with Crippen molar-refractivity contribution in [1.29, 1.82) is 0 Å². The first-order valence-corrected chi connectivity index (χ1v) is 13.0. The van der Waals surface area contributed by atoms with E-state index in [4.69, 9.17) is 14.6 Å². The van der Waals surface area contributed by atoms with Gasteiger partial charge < -0.3 is 14.6 Å². The van der Waals surface area contributed by atoms with E-state index in [0.717, 1.165) is 60.0 Å². The molecular weight excluding hydrogens is 514 g/mol. The van der Waals surface area contributed by atoms with Gasteiger partial charge in [0, 0.05) is 40.9 Å². The van der Waals surface area contributed by atoms with Crippen molar-refractivity contribution in [3.05, 3.63) is 74.7 Å². The van der Waals surface area contributed by atoms with E-state index in [1.807, 2.05) is 12.1 Å². The molecule has 1 amide bonds. The van der Waals surface area contributed by atoms with Crippen LogP contribution in [0.2, 0.25) is 0 Å². The van der Waals surface area contributed by atoms with Crippen LogP contribution in [0.3, 0.4) is 0 Å². The molecule has 0 bridgehead atoms. The van der Waals surface area contributed by atoms with Crippen LogP contribution in [0.15, 0.2) is 35.9 Å². The molecule has 2 aromatic carbocycles. The Hall–Kier alpha value is -3.47. The average Bonchev–Trinajstić information content (AvgIpc) is 3.30. The smallest absolute Gasteiger partial charge is 0.331 e. The third kappa shape index (κ3) is 6.32. The first-order valence-electron chi connectivity index (χ1n) is 12.2. The minimum Gasteiger partial charge on any atom is -0.478 e. The Labute approximate surface area is 223 Å². The van der Waals surface area contributed by atoms with E-state index >= 15 is 0 Å². The number of aliphatic carboxylic acids is 1. The number of aryl methyl sites for hydroxylation is 2. The van der Waals surface area contributed by atoms with Crippen LogP contribution in [0.25, 0.3) is 17.3 Å². The van der Waals surface area contributed by atoms with E-state index < -0.39 is 29.1 Å². The summed E-state index contributed by atoms with van der Waals surface area (Å²) >= 11 is 1.34. The summed E-state index contributed by atoms with van der Waals surface area (Å²) in [5.41, 5.74) is 3.36. The van der Waals surface area contributed by atoms with Crippen LogP contribution in [0.5, 0.6) is 0 Å². The number of carbonyl (C=O) groups is 2. The molecule has 1 heterocycles. The summed E-state index contributed by atoms with van der Waals surface area (Å²) in [5, 5.41) is 12.0. The highest BCUT2D eigenvalue weighted by molar-refractivity contribution is 7.16. The molecule has 7 nitrogen and oxygen atoms in total. The fourth-order valence-corrected chi connectivity index (χ4v) is 5.29. The molecule has 3 aromatic rings. The van der Waals surface area contributed by atoms with E-state index in [2.05, 4.69) is 16.4 Å². The number of nitrogens with zero attached hydrogens (tertiary/aromatic N) is 1. The van der Waals surface area contributed by atoms with E-state index in [0.29, 0.717) is 25.0 Å². The first kappa shape index (κ1) is 27.6. The number of fused-ring (bicyclic) bond motifs is 3. The number of benzene rings is 2. The third-order valence-corrected chi connectivity index (χ3v) is 7.28. The van der Waals surface area contributed by atoms with Crippen LogP contribution in [-0.4, -0.2) is 48.9 Å². The van der Waals surface area contributed by atoms with Gasteiger partial charge in [0.15, 0.2) is 5.13 Å². The second kappa shape index (κ2) is 12.4. The molecule has 1 aromatic heterocycles. The Morgan fingerprint density at radius 3 is 2.63 bits per heavy atom. The zero-order valence-corrected chi connectivity index (χ0v) is 21.9. The Bertz CT molecular complexity index is 1360. The number of rotatable bonds is 11. The number of nitrogens with one attached hydrogen (secondary N) is 1. The SMILES string of the molecule is COCCOCCCc1cccc2c1CCc1sc(NC(=O)c3cc(F)c(/C=C(\C)C(=O)O)c(F)c3)nc1-2. The lowest BCUT2D eigenvalue weighted by atomic mass is 9.88. The van der Waals surface area contributed by atoms with Gasteiger partial charge in [-0.25, -0.2) is 18.6 Å². The molecule has 0 spiro atoms. The number of methoxy groups -OCH3 is 1. The first-order chi connectivity index (χ1) is 18.3. The molecular formula is C28H28F2N2O5S. The van der Waals surface area contributed by atoms with Gasteiger partial charge in [-0.3, -0.25) is 10.1 Å². The highest BCUT2D eigenvalue weighted by atomic mass is 32.1. The van der Waals surface area contributed by atoms with Crippen molar-refractivity contribution < 1.29 is 33.0 Å². The summed E-state index contributed by atoms with van der Waals surface area (Å²) in [6.07, 6.45) is 4.31. The number of amides is 1. The fraction of sp³-hybridized carbons (Fsp3) is 0.321. The molecule has 1 aliphatic rings. The molecule has 0 unspecified atom stereocenters. The number of anilines is 1. The third-order valence-electron chi connectivity index (χ3n) is 6.25. The van der Waals surface area contributed by atoms with Gasteiger partial charge in [0.05, 0.1) is 18.9 Å². The largest absolute Gasteiger partial charge is 0.478 e. The quantitative estimate of drug-likeness (QED) is 0.245. The number of carbonyl (C=O) groups excluding carboxylic acids is 1. The number of halogens is 2. The molecule has 0 saturated heterocycles. The van der Waals surface area contributed by atoms with Crippen LogP contribution in [0.4, 0.5) is 13.9 Å². The monoisotopic (exact) mass is 542 g/mol. The van der Waals surface area contributed by atoms with Crippen LogP contribution in [0.1, 0.15) is 45.3 Å². The highest BCUT2D eigenvalue weighted by Gasteiger charge is 2.24. The highest BCUT2D eigenvalue weighted by Crippen LogP contribution is 2.39. The lowest BCUT2D eigenvalue weighted by molar-refractivity contribution is -0.132. The van der Waals surface area contributed by atoms with Gasteiger partial charge in [-0.2, -0.15) is 0 Å². The van der Waals surface area contributed by atoms with E-state index in [1.165, 1.54) is 29.4 Å². The average molecular weight is 543 g/mol. The molecule has 0 saturated carbocycles. The molecule has 0 fully saturated rings. The summed E-state index contributed by atoms with van der Waals surface area (Å²) in [6, 6.07) is 7.91.